The van der Waals surface area contributed by atoms with Crippen molar-refractivity contribution in [2.24, 2.45) is 0 Å². The van der Waals surface area contributed by atoms with E-state index >= 15 is 0 Å². The van der Waals surface area contributed by atoms with Gasteiger partial charge in [-0.3, -0.25) is 0 Å². The van der Waals surface area contributed by atoms with Gasteiger partial charge in [0.15, 0.2) is 0 Å². The van der Waals surface area contributed by atoms with Crippen LogP contribution in [-0.4, -0.2) is 0 Å². The van der Waals surface area contributed by atoms with Crippen LogP contribution in [0.5, 0.6) is 0 Å². The Bertz CT molecular complexity index is 190. The first kappa shape index (κ1) is 15.5. The molecule has 0 saturated carbocycles. The largest absolute Gasteiger partial charge is 0.0885 e. The minimum atomic E-state index is 1.32. The molecule has 0 heterocycles. The zero-order valence-electron chi connectivity index (χ0n) is 12.2. The van der Waals surface area contributed by atoms with Gasteiger partial charge in [0.1, 0.15) is 0 Å². The van der Waals surface area contributed by atoms with Gasteiger partial charge in [-0.2, -0.15) is 0 Å². The highest BCUT2D eigenvalue weighted by atomic mass is 14.0. The molecular weight excluding hydrogens is 216 g/mol. The Kier molecular flexibility index (Phi) is 11.2. The van der Waals surface area contributed by atoms with E-state index in [4.69, 9.17) is 0 Å². The highest BCUT2D eigenvalue weighted by molar-refractivity contribution is 4.83. The van der Waals surface area contributed by atoms with Crippen molar-refractivity contribution >= 4 is 0 Å². The molecule has 104 valence electrons. The summed E-state index contributed by atoms with van der Waals surface area (Å²) in [5, 5.41) is 0. The van der Waals surface area contributed by atoms with Crippen LogP contribution in [0.25, 0.3) is 0 Å². The molecule has 2 aliphatic carbocycles. The Morgan fingerprint density at radius 1 is 0.278 bits per heavy atom. The molecule has 0 aliphatic heterocycles. The van der Waals surface area contributed by atoms with Crippen LogP contribution in [0.15, 0.2) is 24.3 Å². The summed E-state index contributed by atoms with van der Waals surface area (Å²) in [5.74, 6) is 0. The predicted molar refractivity (Wildman–Crippen MR) is 82.9 cm³/mol. The van der Waals surface area contributed by atoms with Gasteiger partial charge in [0, 0.05) is 0 Å². The molecule has 0 amide bonds. The highest BCUT2D eigenvalue weighted by Crippen LogP contribution is 2.11. The summed E-state index contributed by atoms with van der Waals surface area (Å²) in [6.07, 6.45) is 29.0. The van der Waals surface area contributed by atoms with Crippen molar-refractivity contribution in [2.75, 3.05) is 0 Å². The Hall–Kier alpha value is -0.520. The van der Waals surface area contributed by atoms with Crippen LogP contribution in [0, 0.1) is 0 Å². The molecule has 0 N–H and O–H groups in total. The van der Waals surface area contributed by atoms with E-state index < -0.39 is 0 Å². The predicted octanol–water partition coefficient (Wildman–Crippen LogP) is 6.57. The number of rotatable bonds is 0. The van der Waals surface area contributed by atoms with Gasteiger partial charge in [0.25, 0.3) is 0 Å². The summed E-state index contributed by atoms with van der Waals surface area (Å²) in [6.45, 7) is 0. The van der Waals surface area contributed by atoms with Crippen molar-refractivity contribution in [1.82, 2.24) is 0 Å². The lowest BCUT2D eigenvalue weighted by molar-refractivity contribution is 0.592. The molecule has 0 aromatic carbocycles. The number of hydrogen-bond acceptors (Lipinski definition) is 0. The molecule has 0 aromatic rings. The van der Waals surface area contributed by atoms with Crippen LogP contribution in [0.3, 0.4) is 0 Å². The maximum Gasteiger partial charge on any atom is -0.0351 e. The van der Waals surface area contributed by atoms with E-state index in [2.05, 4.69) is 24.3 Å². The van der Waals surface area contributed by atoms with Gasteiger partial charge in [0.05, 0.1) is 0 Å². The molecule has 0 heteroatoms. The summed E-state index contributed by atoms with van der Waals surface area (Å²) in [6, 6.07) is 0. The smallest absolute Gasteiger partial charge is 0.0351 e. The molecule has 0 spiro atoms. The molecule has 0 nitrogen and oxygen atoms in total. The van der Waals surface area contributed by atoms with Crippen LogP contribution in [0.2, 0.25) is 0 Å². The van der Waals surface area contributed by atoms with E-state index in [9.17, 15) is 0 Å². The van der Waals surface area contributed by atoms with Crippen molar-refractivity contribution in [3.8, 4) is 0 Å². The van der Waals surface area contributed by atoms with Gasteiger partial charge >= 0.3 is 0 Å². The molecule has 0 atom stereocenters. The second-order valence-corrected chi connectivity index (χ2v) is 5.63. The standard InChI is InChI=1S/C10H18.C8H14/c1-2-4-6-8-10-9-7-5-3-1;1-2-4-6-8-7-5-3-1/h1-2H,3-10H2;1-2H,3-8H2/b2*2-1-. The number of allylic oxidation sites excluding steroid dienone is 4. The third kappa shape index (κ3) is 10.6. The lowest BCUT2D eigenvalue weighted by Gasteiger charge is -2.01. The fourth-order valence-electron chi connectivity index (χ4n) is 2.58. The fraction of sp³-hybridized carbons (Fsp3) is 0.778. The molecule has 0 bridgehead atoms. The van der Waals surface area contributed by atoms with E-state index in [-0.39, 0.29) is 0 Å². The first-order valence-corrected chi connectivity index (χ1v) is 8.30. The first-order chi connectivity index (χ1) is 9.00. The molecule has 0 radical (unpaired) electrons. The normalized spacial score (nSPS) is 25.8. The third-order valence-electron chi connectivity index (χ3n) is 3.82. The van der Waals surface area contributed by atoms with E-state index in [1.807, 2.05) is 0 Å². The highest BCUT2D eigenvalue weighted by Gasteiger charge is 1.92. The van der Waals surface area contributed by atoms with Gasteiger partial charge in [-0.1, -0.05) is 62.8 Å². The zero-order valence-corrected chi connectivity index (χ0v) is 12.2. The topological polar surface area (TPSA) is 0 Å². The minimum absolute atomic E-state index is 1.32. The molecule has 2 rings (SSSR count). The molecule has 0 unspecified atom stereocenters. The van der Waals surface area contributed by atoms with E-state index in [0.717, 1.165) is 0 Å². The SMILES string of the molecule is C1=C\CCCCCC/1.C1=C\CCCCCCCC/1. The lowest BCUT2D eigenvalue weighted by Crippen LogP contribution is -1.81. The maximum absolute atomic E-state index is 2.35. The minimum Gasteiger partial charge on any atom is -0.0885 e. The summed E-state index contributed by atoms with van der Waals surface area (Å²) in [5.41, 5.74) is 0. The second kappa shape index (κ2) is 12.9. The quantitative estimate of drug-likeness (QED) is 0.425. The first-order valence-electron chi connectivity index (χ1n) is 8.30. The zero-order chi connectivity index (χ0) is 12.7. The van der Waals surface area contributed by atoms with Crippen LogP contribution in [-0.2, 0) is 0 Å². The number of hydrogen-bond donors (Lipinski definition) is 0. The Morgan fingerprint density at radius 3 is 0.778 bits per heavy atom. The third-order valence-corrected chi connectivity index (χ3v) is 3.82. The van der Waals surface area contributed by atoms with Crippen molar-refractivity contribution in [2.45, 2.75) is 89.9 Å². The molecule has 0 fully saturated rings. The van der Waals surface area contributed by atoms with E-state index in [1.54, 1.807) is 0 Å². The summed E-state index contributed by atoms with van der Waals surface area (Å²) in [7, 11) is 0. The average molecular weight is 248 g/mol. The van der Waals surface area contributed by atoms with E-state index in [0.29, 0.717) is 0 Å². The fourth-order valence-corrected chi connectivity index (χ4v) is 2.58. The maximum atomic E-state index is 2.35. The van der Waals surface area contributed by atoms with Gasteiger partial charge in [-0.25, -0.2) is 0 Å². The molecular formula is C18H32. The summed E-state index contributed by atoms with van der Waals surface area (Å²) < 4.78 is 0. The summed E-state index contributed by atoms with van der Waals surface area (Å²) in [4.78, 5) is 0. The van der Waals surface area contributed by atoms with Gasteiger partial charge < -0.3 is 0 Å². The van der Waals surface area contributed by atoms with Crippen molar-refractivity contribution < 1.29 is 0 Å². The van der Waals surface area contributed by atoms with Crippen LogP contribution in [0.1, 0.15) is 89.9 Å². The molecule has 0 saturated heterocycles. The Morgan fingerprint density at radius 2 is 0.500 bits per heavy atom. The summed E-state index contributed by atoms with van der Waals surface area (Å²) >= 11 is 0. The van der Waals surface area contributed by atoms with Gasteiger partial charge in [-0.15, -0.1) is 0 Å². The van der Waals surface area contributed by atoms with E-state index in [1.165, 1.54) is 89.9 Å². The van der Waals surface area contributed by atoms with Crippen LogP contribution < -0.4 is 0 Å². The Balaban J connectivity index is 0.000000184. The van der Waals surface area contributed by atoms with Crippen molar-refractivity contribution in [1.29, 1.82) is 0 Å². The van der Waals surface area contributed by atoms with Crippen LogP contribution >= 0.6 is 0 Å². The second-order valence-electron chi connectivity index (χ2n) is 5.63. The average Bonchev–Trinajstić information content (AvgIpc) is 2.36. The molecule has 0 aromatic heterocycles. The Labute approximate surface area is 115 Å². The van der Waals surface area contributed by atoms with Crippen LogP contribution in [0.4, 0.5) is 0 Å². The lowest BCUT2D eigenvalue weighted by atomic mass is 10.1. The van der Waals surface area contributed by atoms with Gasteiger partial charge in [-0.05, 0) is 51.4 Å². The van der Waals surface area contributed by atoms with Crippen molar-refractivity contribution in [3.63, 3.8) is 0 Å². The monoisotopic (exact) mass is 248 g/mol. The molecule has 2 aliphatic rings. The van der Waals surface area contributed by atoms with Crippen molar-refractivity contribution in [3.05, 3.63) is 24.3 Å². The van der Waals surface area contributed by atoms with Gasteiger partial charge in [0.2, 0.25) is 0 Å². The molecule has 18 heavy (non-hydrogen) atoms.